The summed E-state index contributed by atoms with van der Waals surface area (Å²) in [5.41, 5.74) is 4.21. The molecule has 4 aromatic rings. The minimum Gasteiger partial charge on any atom is -0.353 e. The SMILES string of the molecule is CC(OCc1ccc(-c2ccccc2)cc1)(C(=O)CCc1cn2ccccc2n1)C(=O)NO. The molecule has 2 N–H and O–H groups in total. The van der Waals surface area contributed by atoms with Crippen molar-refractivity contribution in [3.8, 4) is 11.1 Å². The van der Waals surface area contributed by atoms with Crippen LogP contribution in [0.25, 0.3) is 16.8 Å². The summed E-state index contributed by atoms with van der Waals surface area (Å²) in [6.07, 6.45) is 4.12. The Kier molecular flexibility index (Phi) is 6.63. The Morgan fingerprint density at radius 2 is 1.70 bits per heavy atom. The topological polar surface area (TPSA) is 92.9 Å². The molecule has 0 saturated carbocycles. The molecule has 1 unspecified atom stereocenters. The van der Waals surface area contributed by atoms with Crippen molar-refractivity contribution in [1.29, 1.82) is 0 Å². The van der Waals surface area contributed by atoms with Crippen molar-refractivity contribution in [3.63, 3.8) is 0 Å². The number of aromatic nitrogens is 2. The van der Waals surface area contributed by atoms with Gasteiger partial charge in [-0.2, -0.15) is 0 Å². The fourth-order valence-electron chi connectivity index (χ4n) is 3.62. The van der Waals surface area contributed by atoms with E-state index in [1.807, 2.05) is 89.6 Å². The van der Waals surface area contributed by atoms with E-state index in [-0.39, 0.29) is 13.0 Å². The van der Waals surface area contributed by atoms with Crippen molar-refractivity contribution in [2.24, 2.45) is 0 Å². The second kappa shape index (κ2) is 9.77. The van der Waals surface area contributed by atoms with Crippen LogP contribution in [-0.2, 0) is 27.4 Å². The van der Waals surface area contributed by atoms with Gasteiger partial charge < -0.3 is 9.14 Å². The third-order valence-electron chi connectivity index (χ3n) is 5.68. The lowest BCUT2D eigenvalue weighted by atomic mass is 9.95. The van der Waals surface area contributed by atoms with Crippen LogP contribution in [0.3, 0.4) is 0 Å². The number of hydroxylamine groups is 1. The highest BCUT2D eigenvalue weighted by molar-refractivity contribution is 6.08. The van der Waals surface area contributed by atoms with E-state index < -0.39 is 17.3 Å². The number of hydrogen-bond acceptors (Lipinski definition) is 5. The first-order valence-electron chi connectivity index (χ1n) is 10.7. The number of ether oxygens (including phenoxy) is 1. The van der Waals surface area contributed by atoms with Crippen molar-refractivity contribution >= 4 is 17.3 Å². The monoisotopic (exact) mass is 443 g/mol. The molecule has 2 aromatic heterocycles. The summed E-state index contributed by atoms with van der Waals surface area (Å²) in [5.74, 6) is -1.34. The van der Waals surface area contributed by atoms with Crippen molar-refractivity contribution in [1.82, 2.24) is 14.9 Å². The summed E-state index contributed by atoms with van der Waals surface area (Å²) in [5, 5.41) is 9.21. The second-order valence-corrected chi connectivity index (χ2v) is 7.95. The van der Waals surface area contributed by atoms with Gasteiger partial charge in [-0.05, 0) is 42.2 Å². The zero-order valence-electron chi connectivity index (χ0n) is 18.3. The van der Waals surface area contributed by atoms with Crippen LogP contribution in [0.2, 0.25) is 0 Å². The van der Waals surface area contributed by atoms with Crippen LogP contribution in [-0.4, -0.2) is 31.9 Å². The summed E-state index contributed by atoms with van der Waals surface area (Å²) >= 11 is 0. The highest BCUT2D eigenvalue weighted by atomic mass is 16.5. The Morgan fingerprint density at radius 3 is 2.39 bits per heavy atom. The molecule has 1 amide bonds. The lowest BCUT2D eigenvalue weighted by Crippen LogP contribution is -2.51. The van der Waals surface area contributed by atoms with Gasteiger partial charge in [0.05, 0.1) is 12.3 Å². The molecular formula is C26H25N3O4. The number of hydrogen-bond donors (Lipinski definition) is 2. The van der Waals surface area contributed by atoms with Gasteiger partial charge in [-0.15, -0.1) is 0 Å². The van der Waals surface area contributed by atoms with Gasteiger partial charge in [0.2, 0.25) is 5.60 Å². The van der Waals surface area contributed by atoms with E-state index in [1.165, 1.54) is 6.92 Å². The number of imidazole rings is 1. The predicted molar refractivity (Wildman–Crippen MR) is 124 cm³/mol. The molecule has 0 aliphatic heterocycles. The summed E-state index contributed by atoms with van der Waals surface area (Å²) in [4.78, 5) is 29.8. The molecule has 168 valence electrons. The number of aryl methyl sites for hydroxylation is 1. The van der Waals surface area contributed by atoms with E-state index in [4.69, 9.17) is 4.74 Å². The van der Waals surface area contributed by atoms with Crippen LogP contribution >= 0.6 is 0 Å². The Bertz CT molecular complexity index is 1220. The maximum atomic E-state index is 13.0. The number of ketones is 1. The number of rotatable bonds is 9. The number of pyridine rings is 1. The molecule has 1 atom stereocenters. The zero-order valence-corrected chi connectivity index (χ0v) is 18.3. The first kappa shape index (κ1) is 22.4. The third kappa shape index (κ3) is 5.00. The van der Waals surface area contributed by atoms with E-state index in [2.05, 4.69) is 4.98 Å². The van der Waals surface area contributed by atoms with Crippen molar-refractivity contribution < 1.29 is 19.5 Å². The zero-order chi connectivity index (χ0) is 23.3. The van der Waals surface area contributed by atoms with Crippen LogP contribution < -0.4 is 5.48 Å². The molecule has 2 heterocycles. The molecule has 0 aliphatic carbocycles. The molecular weight excluding hydrogens is 418 g/mol. The number of benzene rings is 2. The molecule has 2 aromatic carbocycles. The van der Waals surface area contributed by atoms with Gasteiger partial charge >= 0.3 is 0 Å². The molecule has 0 aliphatic rings. The van der Waals surface area contributed by atoms with E-state index in [0.29, 0.717) is 6.42 Å². The maximum absolute atomic E-state index is 13.0. The van der Waals surface area contributed by atoms with Gasteiger partial charge in [0.25, 0.3) is 5.91 Å². The number of amides is 1. The number of nitrogens with one attached hydrogen (secondary N) is 1. The normalized spacial score (nSPS) is 12.9. The first-order valence-corrected chi connectivity index (χ1v) is 10.7. The lowest BCUT2D eigenvalue weighted by molar-refractivity contribution is -0.164. The number of fused-ring (bicyclic) bond motifs is 1. The van der Waals surface area contributed by atoms with E-state index in [9.17, 15) is 14.8 Å². The standard InChI is InChI=1S/C26H25N3O4/c1-26(25(31)28-32,23(30)15-14-22-17-29-16-6-5-9-24(29)27-22)33-18-19-10-12-21(13-11-19)20-7-3-2-4-8-20/h2-13,16-17,32H,14-15,18H2,1H3,(H,28,31). The maximum Gasteiger partial charge on any atom is 0.283 e. The molecule has 4 rings (SSSR count). The lowest BCUT2D eigenvalue weighted by Gasteiger charge is -2.26. The summed E-state index contributed by atoms with van der Waals surface area (Å²) < 4.78 is 7.65. The number of nitrogens with zero attached hydrogens (tertiary/aromatic N) is 2. The Labute approximate surface area is 191 Å². The molecule has 7 heteroatoms. The van der Waals surface area contributed by atoms with Crippen molar-refractivity contribution in [2.75, 3.05) is 0 Å². The fourth-order valence-corrected chi connectivity index (χ4v) is 3.62. The summed E-state index contributed by atoms with van der Waals surface area (Å²) in [7, 11) is 0. The highest BCUT2D eigenvalue weighted by Crippen LogP contribution is 2.22. The predicted octanol–water partition coefficient (Wildman–Crippen LogP) is 3.98. The van der Waals surface area contributed by atoms with Gasteiger partial charge in [0, 0.05) is 18.8 Å². The van der Waals surface area contributed by atoms with E-state index in [1.54, 1.807) is 5.48 Å². The van der Waals surface area contributed by atoms with Gasteiger partial charge in [-0.3, -0.25) is 14.8 Å². The van der Waals surface area contributed by atoms with Crippen LogP contribution in [0, 0.1) is 0 Å². The number of Topliss-reactive ketones (excluding diaryl/α,β-unsaturated/α-hetero) is 1. The van der Waals surface area contributed by atoms with E-state index in [0.717, 1.165) is 28.0 Å². The molecule has 7 nitrogen and oxygen atoms in total. The van der Waals surface area contributed by atoms with Gasteiger partial charge in [-0.1, -0.05) is 60.7 Å². The van der Waals surface area contributed by atoms with Crippen LogP contribution in [0.15, 0.2) is 85.2 Å². The molecule has 33 heavy (non-hydrogen) atoms. The second-order valence-electron chi connectivity index (χ2n) is 7.95. The number of carbonyl (C=O) groups excluding carboxylic acids is 2. The van der Waals surface area contributed by atoms with Crippen LogP contribution in [0.4, 0.5) is 0 Å². The Hall–Kier alpha value is -3.81. The van der Waals surface area contributed by atoms with Crippen molar-refractivity contribution in [2.45, 2.75) is 32.0 Å². The molecule has 0 fully saturated rings. The van der Waals surface area contributed by atoms with Gasteiger partial charge in [-0.25, -0.2) is 10.5 Å². The molecule has 0 radical (unpaired) electrons. The molecule has 0 saturated heterocycles. The quantitative estimate of drug-likeness (QED) is 0.232. The van der Waals surface area contributed by atoms with Gasteiger partial charge in [0.15, 0.2) is 5.78 Å². The molecule has 0 spiro atoms. The third-order valence-corrected chi connectivity index (χ3v) is 5.68. The fraction of sp³-hybridized carbons (Fsp3) is 0.192. The highest BCUT2D eigenvalue weighted by Gasteiger charge is 2.41. The first-order chi connectivity index (χ1) is 16.0. The summed E-state index contributed by atoms with van der Waals surface area (Å²) in [6, 6.07) is 23.3. The van der Waals surface area contributed by atoms with Gasteiger partial charge in [0.1, 0.15) is 5.65 Å². The van der Waals surface area contributed by atoms with Crippen molar-refractivity contribution in [3.05, 3.63) is 96.4 Å². The average Bonchev–Trinajstić information content (AvgIpc) is 3.29. The minimum atomic E-state index is -1.83. The van der Waals surface area contributed by atoms with E-state index >= 15 is 0 Å². The Balaban J connectivity index is 1.42. The largest absolute Gasteiger partial charge is 0.353 e. The number of carbonyl (C=O) groups is 2. The molecule has 0 bridgehead atoms. The minimum absolute atomic E-state index is 0.0408. The summed E-state index contributed by atoms with van der Waals surface area (Å²) in [6.45, 7) is 1.42. The Morgan fingerprint density at radius 1 is 1.00 bits per heavy atom. The van der Waals surface area contributed by atoms with Crippen LogP contribution in [0.1, 0.15) is 24.6 Å². The van der Waals surface area contributed by atoms with Crippen LogP contribution in [0.5, 0.6) is 0 Å². The smallest absolute Gasteiger partial charge is 0.283 e. The average molecular weight is 444 g/mol.